The van der Waals surface area contributed by atoms with Gasteiger partial charge in [-0.1, -0.05) is 30.3 Å². The van der Waals surface area contributed by atoms with Gasteiger partial charge in [-0.15, -0.1) is 0 Å². The zero-order valence-electron chi connectivity index (χ0n) is 19.0. The lowest BCUT2D eigenvalue weighted by molar-refractivity contribution is -0.121. The number of methoxy groups -OCH3 is 1. The highest BCUT2D eigenvalue weighted by Gasteiger charge is 2.17. The number of nitrogens with one attached hydrogen (secondary N) is 2. The Morgan fingerprint density at radius 2 is 1.79 bits per heavy atom. The van der Waals surface area contributed by atoms with Crippen LogP contribution in [0, 0.1) is 0 Å². The molecule has 0 saturated carbocycles. The Kier molecular flexibility index (Phi) is 6.72. The van der Waals surface area contributed by atoms with Crippen molar-refractivity contribution in [3.8, 4) is 17.0 Å². The molecule has 0 radical (unpaired) electrons. The molecule has 1 aromatic heterocycles. The number of sulfonamides is 1. The normalized spacial score (nSPS) is 12.4. The van der Waals surface area contributed by atoms with E-state index in [1.165, 1.54) is 12.1 Å². The summed E-state index contributed by atoms with van der Waals surface area (Å²) in [6.07, 6.45) is 0.825. The second-order valence-corrected chi connectivity index (χ2v) is 9.72. The fraction of sp³-hybridized carbons (Fsp3) is 0.192. The second kappa shape index (κ2) is 9.70. The van der Waals surface area contributed by atoms with E-state index in [9.17, 15) is 13.2 Å². The molecular weight excluding hydrogens is 450 g/mol. The maximum absolute atomic E-state index is 12.8. The highest BCUT2D eigenvalue weighted by molar-refractivity contribution is 7.89. The first-order valence-corrected chi connectivity index (χ1v) is 12.5. The van der Waals surface area contributed by atoms with E-state index < -0.39 is 10.0 Å². The third-order valence-electron chi connectivity index (χ3n) is 5.86. The van der Waals surface area contributed by atoms with Crippen LogP contribution in [0.5, 0.6) is 5.75 Å². The average Bonchev–Trinajstić information content (AvgIpc) is 3.21. The highest BCUT2D eigenvalue weighted by Crippen LogP contribution is 2.32. The number of fused-ring (bicyclic) bond motifs is 1. The number of carbonyl (C=O) groups is 1. The topological polar surface area (TPSA) is 114 Å². The molecule has 7 nitrogen and oxygen atoms in total. The van der Waals surface area contributed by atoms with Gasteiger partial charge in [-0.05, 0) is 72.5 Å². The molecule has 3 aromatic carbocycles. The molecule has 0 saturated heterocycles. The van der Waals surface area contributed by atoms with E-state index in [1.807, 2.05) is 55.5 Å². The number of aromatic amines is 1. The molecule has 4 N–H and O–H groups in total. The third kappa shape index (κ3) is 5.13. The quantitative estimate of drug-likeness (QED) is 0.351. The number of ether oxygens (including phenoxy) is 1. The number of aromatic nitrogens is 1. The molecule has 0 spiro atoms. The Balaban J connectivity index is 1.52. The summed E-state index contributed by atoms with van der Waals surface area (Å²) in [6.45, 7) is 1.81. The van der Waals surface area contributed by atoms with Gasteiger partial charge >= 0.3 is 0 Å². The standard InChI is InChI=1S/C26H27N3O4S/c1-17(19-6-5-7-21(16-19)34(27,31)32)28-25(30)15-14-23-22-8-3-4-9-24(22)29-26(23)18-10-12-20(33-2)13-11-18/h3-13,16-17,29H,14-15H2,1-2H3,(H,28,30)(H2,27,31,32). The predicted molar refractivity (Wildman–Crippen MR) is 133 cm³/mol. The minimum Gasteiger partial charge on any atom is -0.497 e. The molecule has 1 unspecified atom stereocenters. The van der Waals surface area contributed by atoms with Crippen molar-refractivity contribution in [3.05, 3.63) is 83.9 Å². The first-order valence-electron chi connectivity index (χ1n) is 10.9. The summed E-state index contributed by atoms with van der Waals surface area (Å²) in [5.41, 5.74) is 4.74. The molecule has 4 rings (SSSR count). The summed E-state index contributed by atoms with van der Waals surface area (Å²) in [7, 11) is -2.17. The summed E-state index contributed by atoms with van der Waals surface area (Å²) in [5.74, 6) is 0.653. The molecule has 0 aliphatic carbocycles. The van der Waals surface area contributed by atoms with Gasteiger partial charge in [0.25, 0.3) is 0 Å². The molecule has 0 bridgehead atoms. The highest BCUT2D eigenvalue weighted by atomic mass is 32.2. The number of benzene rings is 3. The predicted octanol–water partition coefficient (Wildman–Crippen LogP) is 4.30. The van der Waals surface area contributed by atoms with Crippen molar-refractivity contribution in [1.82, 2.24) is 10.3 Å². The largest absolute Gasteiger partial charge is 0.497 e. The van der Waals surface area contributed by atoms with Gasteiger partial charge in [-0.3, -0.25) is 4.79 Å². The average molecular weight is 478 g/mol. The van der Waals surface area contributed by atoms with E-state index in [4.69, 9.17) is 9.88 Å². The number of carbonyl (C=O) groups excluding carboxylic acids is 1. The van der Waals surface area contributed by atoms with Crippen LogP contribution in [0.15, 0.2) is 77.7 Å². The minimum absolute atomic E-state index is 0.0222. The number of rotatable bonds is 8. The first-order chi connectivity index (χ1) is 16.3. The number of para-hydroxylation sites is 1. The zero-order valence-corrected chi connectivity index (χ0v) is 19.9. The first kappa shape index (κ1) is 23.5. The van der Waals surface area contributed by atoms with E-state index in [0.29, 0.717) is 12.0 Å². The maximum Gasteiger partial charge on any atom is 0.238 e. The van der Waals surface area contributed by atoms with Crippen molar-refractivity contribution < 1.29 is 17.9 Å². The van der Waals surface area contributed by atoms with Crippen LogP contribution < -0.4 is 15.2 Å². The molecule has 1 atom stereocenters. The van der Waals surface area contributed by atoms with E-state index in [2.05, 4.69) is 10.3 Å². The Labute approximate surface area is 199 Å². The van der Waals surface area contributed by atoms with Crippen LogP contribution in [-0.2, 0) is 21.2 Å². The Morgan fingerprint density at radius 1 is 1.06 bits per heavy atom. The van der Waals surface area contributed by atoms with Crippen molar-refractivity contribution in [2.45, 2.75) is 30.7 Å². The van der Waals surface area contributed by atoms with Crippen LogP contribution in [0.3, 0.4) is 0 Å². The number of aryl methyl sites for hydroxylation is 1. The summed E-state index contributed by atoms with van der Waals surface area (Å²) >= 11 is 0. The zero-order chi connectivity index (χ0) is 24.3. The molecule has 0 aliphatic rings. The Hall–Kier alpha value is -3.62. The number of primary sulfonamides is 1. The molecule has 1 heterocycles. The van der Waals surface area contributed by atoms with Crippen LogP contribution in [0.2, 0.25) is 0 Å². The van der Waals surface area contributed by atoms with Crippen LogP contribution in [0.1, 0.15) is 30.5 Å². The van der Waals surface area contributed by atoms with Gasteiger partial charge in [0.2, 0.25) is 15.9 Å². The number of hydrogen-bond donors (Lipinski definition) is 3. The Morgan fingerprint density at radius 3 is 2.50 bits per heavy atom. The van der Waals surface area contributed by atoms with Gasteiger partial charge in [-0.25, -0.2) is 13.6 Å². The fourth-order valence-electron chi connectivity index (χ4n) is 4.06. The van der Waals surface area contributed by atoms with Crippen molar-refractivity contribution in [3.63, 3.8) is 0 Å². The monoisotopic (exact) mass is 477 g/mol. The molecule has 0 fully saturated rings. The summed E-state index contributed by atoms with van der Waals surface area (Å²) in [5, 5.41) is 9.26. The molecule has 8 heteroatoms. The van der Waals surface area contributed by atoms with E-state index >= 15 is 0 Å². The summed E-state index contributed by atoms with van der Waals surface area (Å²) in [6, 6.07) is 21.8. The van der Waals surface area contributed by atoms with Crippen molar-refractivity contribution >= 4 is 26.8 Å². The summed E-state index contributed by atoms with van der Waals surface area (Å²) < 4.78 is 28.5. The van der Waals surface area contributed by atoms with Crippen LogP contribution in [-0.4, -0.2) is 26.4 Å². The van der Waals surface area contributed by atoms with Gasteiger partial charge in [-0.2, -0.15) is 0 Å². The molecule has 1 amide bonds. The van der Waals surface area contributed by atoms with Gasteiger partial charge < -0.3 is 15.0 Å². The molecule has 0 aliphatic heterocycles. The molecular formula is C26H27N3O4S. The molecule has 4 aromatic rings. The Bertz CT molecular complexity index is 1430. The van der Waals surface area contributed by atoms with Crippen LogP contribution in [0.4, 0.5) is 0 Å². The van der Waals surface area contributed by atoms with E-state index in [1.54, 1.807) is 19.2 Å². The second-order valence-electron chi connectivity index (χ2n) is 8.16. The SMILES string of the molecule is COc1ccc(-c2[nH]c3ccccc3c2CCC(=O)NC(C)c2cccc(S(N)(=O)=O)c2)cc1. The molecule has 176 valence electrons. The van der Waals surface area contributed by atoms with E-state index in [-0.39, 0.29) is 23.3 Å². The third-order valence-corrected chi connectivity index (χ3v) is 6.77. The summed E-state index contributed by atoms with van der Waals surface area (Å²) in [4.78, 5) is 16.3. The van der Waals surface area contributed by atoms with Crippen LogP contribution >= 0.6 is 0 Å². The van der Waals surface area contributed by atoms with Gasteiger partial charge in [0, 0.05) is 23.0 Å². The lowest BCUT2D eigenvalue weighted by Gasteiger charge is -2.15. The molecule has 34 heavy (non-hydrogen) atoms. The lowest BCUT2D eigenvalue weighted by atomic mass is 10.0. The smallest absolute Gasteiger partial charge is 0.238 e. The lowest BCUT2D eigenvalue weighted by Crippen LogP contribution is -2.27. The number of amides is 1. The van der Waals surface area contributed by atoms with Gasteiger partial charge in [0.15, 0.2) is 0 Å². The van der Waals surface area contributed by atoms with Crippen molar-refractivity contribution in [1.29, 1.82) is 0 Å². The fourth-order valence-corrected chi connectivity index (χ4v) is 4.63. The minimum atomic E-state index is -3.81. The van der Waals surface area contributed by atoms with Crippen molar-refractivity contribution in [2.24, 2.45) is 5.14 Å². The maximum atomic E-state index is 12.8. The number of hydrogen-bond acceptors (Lipinski definition) is 4. The number of nitrogens with two attached hydrogens (primary N) is 1. The van der Waals surface area contributed by atoms with Gasteiger partial charge in [0.1, 0.15) is 5.75 Å². The van der Waals surface area contributed by atoms with Crippen molar-refractivity contribution in [2.75, 3.05) is 7.11 Å². The van der Waals surface area contributed by atoms with Crippen LogP contribution in [0.25, 0.3) is 22.2 Å². The van der Waals surface area contributed by atoms with E-state index in [0.717, 1.165) is 33.5 Å². The number of H-pyrrole nitrogens is 1. The van der Waals surface area contributed by atoms with Gasteiger partial charge in [0.05, 0.1) is 18.0 Å².